The molecule has 1 amide bonds. The van der Waals surface area contributed by atoms with Gasteiger partial charge in [-0.05, 0) is 37.6 Å². The summed E-state index contributed by atoms with van der Waals surface area (Å²) in [6.07, 6.45) is 1.74. The normalized spacial score (nSPS) is 10.7. The average Bonchev–Trinajstić information content (AvgIpc) is 2.94. The monoisotopic (exact) mass is 336 g/mol. The number of ether oxygens (including phenoxy) is 1. The quantitative estimate of drug-likeness (QED) is 0.721. The van der Waals surface area contributed by atoms with E-state index in [0.29, 0.717) is 17.0 Å². The number of para-hydroxylation sites is 1. The molecule has 0 aliphatic rings. The molecule has 5 nitrogen and oxygen atoms in total. The summed E-state index contributed by atoms with van der Waals surface area (Å²) in [6.45, 7) is 3.60. The van der Waals surface area contributed by atoms with Gasteiger partial charge in [-0.15, -0.1) is 0 Å². The number of carbonyl (C=O) groups excluding carboxylic acids is 2. The second-order valence-corrected chi connectivity index (χ2v) is 6.00. The molecule has 0 saturated carbocycles. The zero-order valence-electron chi connectivity index (χ0n) is 14.5. The number of amides is 1. The highest BCUT2D eigenvalue weighted by Crippen LogP contribution is 2.26. The second kappa shape index (κ2) is 6.81. The van der Waals surface area contributed by atoms with Crippen LogP contribution in [0, 0.1) is 6.92 Å². The minimum absolute atomic E-state index is 0.0179. The summed E-state index contributed by atoms with van der Waals surface area (Å²) in [5.74, 6) is 0.413. The molecule has 3 aromatic rings. The Kier molecular flexibility index (Phi) is 4.57. The number of benzene rings is 2. The van der Waals surface area contributed by atoms with Crippen molar-refractivity contribution in [3.8, 4) is 5.75 Å². The molecule has 0 atom stereocenters. The van der Waals surface area contributed by atoms with Crippen LogP contribution in [0.2, 0.25) is 0 Å². The molecular weight excluding hydrogens is 316 g/mol. The first-order valence-electron chi connectivity index (χ1n) is 8.03. The molecule has 1 heterocycles. The lowest BCUT2D eigenvalue weighted by atomic mass is 10.1. The number of carbonyl (C=O) groups is 2. The predicted octanol–water partition coefficient (Wildman–Crippen LogP) is 3.80. The van der Waals surface area contributed by atoms with Crippen molar-refractivity contribution >= 4 is 28.3 Å². The largest absolute Gasteiger partial charge is 0.495 e. The van der Waals surface area contributed by atoms with Gasteiger partial charge in [0.15, 0.2) is 5.78 Å². The molecule has 3 rings (SSSR count). The second-order valence-electron chi connectivity index (χ2n) is 6.00. The smallest absolute Gasteiger partial charge is 0.244 e. The summed E-state index contributed by atoms with van der Waals surface area (Å²) in [5, 5.41) is 3.74. The molecule has 1 aromatic heterocycles. The Hall–Kier alpha value is -3.08. The number of nitrogens with one attached hydrogen (secondary N) is 1. The van der Waals surface area contributed by atoms with E-state index in [1.165, 1.54) is 6.92 Å². The lowest BCUT2D eigenvalue weighted by molar-refractivity contribution is -0.116. The number of aryl methyl sites for hydroxylation is 1. The van der Waals surface area contributed by atoms with E-state index in [1.807, 2.05) is 49.4 Å². The maximum Gasteiger partial charge on any atom is 0.244 e. The van der Waals surface area contributed by atoms with Crippen LogP contribution < -0.4 is 10.1 Å². The molecule has 25 heavy (non-hydrogen) atoms. The number of aromatic nitrogens is 1. The number of hydrogen-bond donors (Lipinski definition) is 1. The summed E-state index contributed by atoms with van der Waals surface area (Å²) >= 11 is 0. The lowest BCUT2D eigenvalue weighted by Crippen LogP contribution is -2.18. The molecule has 128 valence electrons. The van der Waals surface area contributed by atoms with Crippen molar-refractivity contribution in [2.75, 3.05) is 12.4 Å². The van der Waals surface area contributed by atoms with Gasteiger partial charge in [0, 0.05) is 22.7 Å². The van der Waals surface area contributed by atoms with Crippen molar-refractivity contribution in [3.05, 3.63) is 59.8 Å². The maximum atomic E-state index is 12.5. The van der Waals surface area contributed by atoms with Gasteiger partial charge in [0.1, 0.15) is 12.3 Å². The summed E-state index contributed by atoms with van der Waals surface area (Å²) in [7, 11) is 1.57. The number of methoxy groups -OCH3 is 1. The molecule has 0 spiro atoms. The SMILES string of the molecule is COc1ccc(C)cc1NC(=O)Cn1cc(C(C)=O)c2ccccc21. The highest BCUT2D eigenvalue weighted by molar-refractivity contribution is 6.07. The van der Waals surface area contributed by atoms with Gasteiger partial charge >= 0.3 is 0 Å². The first kappa shape index (κ1) is 16.8. The zero-order valence-corrected chi connectivity index (χ0v) is 14.5. The van der Waals surface area contributed by atoms with Gasteiger partial charge < -0.3 is 14.6 Å². The number of ketones is 1. The fourth-order valence-electron chi connectivity index (χ4n) is 2.92. The van der Waals surface area contributed by atoms with Gasteiger partial charge in [-0.3, -0.25) is 9.59 Å². The molecular formula is C20H20N2O3. The molecule has 0 saturated heterocycles. The van der Waals surface area contributed by atoms with Crippen LogP contribution in [0.4, 0.5) is 5.69 Å². The Bertz CT molecular complexity index is 957. The zero-order chi connectivity index (χ0) is 18.0. The van der Waals surface area contributed by atoms with Gasteiger partial charge in [-0.2, -0.15) is 0 Å². The van der Waals surface area contributed by atoms with Crippen LogP contribution >= 0.6 is 0 Å². The van der Waals surface area contributed by atoms with Crippen molar-refractivity contribution in [2.24, 2.45) is 0 Å². The van der Waals surface area contributed by atoms with Crippen LogP contribution in [0.25, 0.3) is 10.9 Å². The third-order valence-corrected chi connectivity index (χ3v) is 4.11. The first-order chi connectivity index (χ1) is 12.0. The molecule has 1 N–H and O–H groups in total. The van der Waals surface area contributed by atoms with Crippen LogP contribution in [0.3, 0.4) is 0 Å². The van der Waals surface area contributed by atoms with Crippen LogP contribution in [0.5, 0.6) is 5.75 Å². The lowest BCUT2D eigenvalue weighted by Gasteiger charge is -2.12. The standard InChI is InChI=1S/C20H20N2O3/c1-13-8-9-19(25-3)17(10-13)21-20(24)12-22-11-16(14(2)23)15-6-4-5-7-18(15)22/h4-11H,12H2,1-3H3,(H,21,24). The maximum absolute atomic E-state index is 12.5. The summed E-state index contributed by atoms with van der Waals surface area (Å²) in [5.41, 5.74) is 3.15. The Labute approximate surface area is 146 Å². The Morgan fingerprint density at radius 2 is 1.92 bits per heavy atom. The number of Topliss-reactive ketones (excluding diaryl/α,β-unsaturated/α-hetero) is 1. The van der Waals surface area contributed by atoms with E-state index in [-0.39, 0.29) is 18.2 Å². The van der Waals surface area contributed by atoms with Crippen molar-refractivity contribution in [2.45, 2.75) is 20.4 Å². The van der Waals surface area contributed by atoms with Crippen molar-refractivity contribution < 1.29 is 14.3 Å². The van der Waals surface area contributed by atoms with Crippen molar-refractivity contribution in [1.29, 1.82) is 0 Å². The van der Waals surface area contributed by atoms with E-state index >= 15 is 0 Å². The molecule has 2 aromatic carbocycles. The Morgan fingerprint density at radius 1 is 1.16 bits per heavy atom. The van der Waals surface area contributed by atoms with Crippen LogP contribution in [-0.4, -0.2) is 23.4 Å². The van der Waals surface area contributed by atoms with Gasteiger partial charge in [0.2, 0.25) is 5.91 Å². The van der Waals surface area contributed by atoms with E-state index in [4.69, 9.17) is 4.74 Å². The fraction of sp³-hybridized carbons (Fsp3) is 0.200. The number of nitrogens with zero attached hydrogens (tertiary/aromatic N) is 1. The summed E-state index contributed by atoms with van der Waals surface area (Å²) < 4.78 is 7.09. The van der Waals surface area contributed by atoms with Crippen molar-refractivity contribution in [1.82, 2.24) is 4.57 Å². The van der Waals surface area contributed by atoms with Crippen LogP contribution in [-0.2, 0) is 11.3 Å². The Balaban J connectivity index is 1.88. The van der Waals surface area contributed by atoms with Crippen LogP contribution in [0.1, 0.15) is 22.8 Å². The minimum atomic E-state index is -0.181. The number of rotatable bonds is 5. The van der Waals surface area contributed by atoms with Crippen LogP contribution in [0.15, 0.2) is 48.7 Å². The molecule has 0 aliphatic heterocycles. The molecule has 5 heteroatoms. The molecule has 0 fully saturated rings. The van der Waals surface area contributed by atoms with Gasteiger partial charge in [-0.25, -0.2) is 0 Å². The molecule has 0 unspecified atom stereocenters. The number of anilines is 1. The summed E-state index contributed by atoms with van der Waals surface area (Å²) in [6, 6.07) is 13.2. The van der Waals surface area contributed by atoms with E-state index < -0.39 is 0 Å². The first-order valence-corrected chi connectivity index (χ1v) is 8.03. The van der Waals surface area contributed by atoms with Crippen molar-refractivity contribution in [3.63, 3.8) is 0 Å². The van der Waals surface area contributed by atoms with E-state index in [9.17, 15) is 9.59 Å². The number of hydrogen-bond acceptors (Lipinski definition) is 3. The third kappa shape index (κ3) is 3.40. The predicted molar refractivity (Wildman–Crippen MR) is 98.3 cm³/mol. The van der Waals surface area contributed by atoms with E-state index in [0.717, 1.165) is 16.5 Å². The molecule has 0 radical (unpaired) electrons. The number of fused-ring (bicyclic) bond motifs is 1. The van der Waals surface area contributed by atoms with Gasteiger partial charge in [-0.1, -0.05) is 24.3 Å². The average molecular weight is 336 g/mol. The highest BCUT2D eigenvalue weighted by atomic mass is 16.5. The molecule has 0 bridgehead atoms. The Morgan fingerprint density at radius 3 is 2.64 bits per heavy atom. The molecule has 0 aliphatic carbocycles. The summed E-state index contributed by atoms with van der Waals surface area (Å²) in [4.78, 5) is 24.4. The van der Waals surface area contributed by atoms with E-state index in [1.54, 1.807) is 17.9 Å². The minimum Gasteiger partial charge on any atom is -0.495 e. The van der Waals surface area contributed by atoms with E-state index in [2.05, 4.69) is 5.32 Å². The third-order valence-electron chi connectivity index (χ3n) is 4.11. The topological polar surface area (TPSA) is 60.3 Å². The highest BCUT2D eigenvalue weighted by Gasteiger charge is 2.14. The van der Waals surface area contributed by atoms with Gasteiger partial charge in [0.25, 0.3) is 0 Å². The van der Waals surface area contributed by atoms with Gasteiger partial charge in [0.05, 0.1) is 12.8 Å². The fourth-order valence-corrected chi connectivity index (χ4v) is 2.92.